The predicted octanol–water partition coefficient (Wildman–Crippen LogP) is 5.11. The van der Waals surface area contributed by atoms with Gasteiger partial charge in [0.15, 0.2) is 5.78 Å². The van der Waals surface area contributed by atoms with Gasteiger partial charge in [-0.25, -0.2) is 9.69 Å². The summed E-state index contributed by atoms with van der Waals surface area (Å²) in [7, 11) is 0. The highest BCUT2D eigenvalue weighted by atomic mass is 16.2. The number of rotatable bonds is 15. The van der Waals surface area contributed by atoms with Crippen molar-refractivity contribution in [3.63, 3.8) is 0 Å². The Morgan fingerprint density at radius 1 is 0.865 bits per heavy atom. The maximum absolute atomic E-state index is 13.9. The Kier molecular flexibility index (Phi) is 17.9. The van der Waals surface area contributed by atoms with E-state index in [-0.39, 0.29) is 38.6 Å². The Hall–Kier alpha value is -4.87. The van der Waals surface area contributed by atoms with Crippen molar-refractivity contribution in [2.24, 2.45) is 11.8 Å². The molecule has 1 saturated heterocycles. The molecule has 1 aliphatic heterocycles. The molecule has 12 heteroatoms. The Labute approximate surface area is 308 Å². The van der Waals surface area contributed by atoms with Gasteiger partial charge in [-0.15, -0.1) is 0 Å². The van der Waals surface area contributed by atoms with Gasteiger partial charge in [0, 0.05) is 12.5 Å². The predicted molar refractivity (Wildman–Crippen MR) is 200 cm³/mol. The summed E-state index contributed by atoms with van der Waals surface area (Å²) in [4.78, 5) is 94.9. The molecule has 284 valence electrons. The molecular formula is C40H57N5O7. The molecule has 2 aromatic carbocycles. The summed E-state index contributed by atoms with van der Waals surface area (Å²) in [5, 5.41) is 7.49. The van der Waals surface area contributed by atoms with E-state index in [0.717, 1.165) is 42.6 Å². The van der Waals surface area contributed by atoms with Crippen molar-refractivity contribution >= 4 is 41.2 Å². The van der Waals surface area contributed by atoms with Crippen LogP contribution in [0.4, 0.5) is 4.79 Å². The molecular weight excluding hydrogens is 662 g/mol. The highest BCUT2D eigenvalue weighted by molar-refractivity contribution is 6.38. The molecule has 1 heterocycles. The number of benzene rings is 2. The number of amides is 6. The van der Waals surface area contributed by atoms with Gasteiger partial charge >= 0.3 is 6.03 Å². The molecule has 3 unspecified atom stereocenters. The van der Waals surface area contributed by atoms with Crippen LogP contribution in [0.1, 0.15) is 104 Å². The molecule has 1 aliphatic carbocycles. The van der Waals surface area contributed by atoms with Crippen molar-refractivity contribution in [1.29, 1.82) is 0 Å². The van der Waals surface area contributed by atoms with Gasteiger partial charge in [0.05, 0.1) is 19.1 Å². The minimum atomic E-state index is -1.25. The maximum atomic E-state index is 13.9. The summed E-state index contributed by atoms with van der Waals surface area (Å²) in [6.45, 7) is 8.49. The summed E-state index contributed by atoms with van der Waals surface area (Å²) in [6.07, 6.45) is 5.43. The molecule has 0 aromatic heterocycles. The minimum Gasteiger partial charge on any atom is -0.344 e. The first-order valence-corrected chi connectivity index (χ1v) is 18.1. The monoisotopic (exact) mass is 719 g/mol. The summed E-state index contributed by atoms with van der Waals surface area (Å²) >= 11 is 0. The zero-order valence-electron chi connectivity index (χ0n) is 30.5. The third-order valence-corrected chi connectivity index (χ3v) is 9.37. The van der Waals surface area contributed by atoms with Crippen LogP contribution in [0, 0.1) is 11.8 Å². The Bertz CT molecular complexity index is 1510. The number of imide groups is 1. The minimum absolute atomic E-state index is 0. The Morgan fingerprint density at radius 2 is 1.46 bits per heavy atom. The fourth-order valence-corrected chi connectivity index (χ4v) is 6.60. The number of nitrogens with zero attached hydrogens (tertiary/aromatic N) is 2. The lowest BCUT2D eigenvalue weighted by atomic mass is 9.80. The third-order valence-electron chi connectivity index (χ3n) is 9.37. The molecule has 4 atom stereocenters. The van der Waals surface area contributed by atoms with Gasteiger partial charge in [-0.3, -0.25) is 28.8 Å². The van der Waals surface area contributed by atoms with Gasteiger partial charge < -0.3 is 20.9 Å². The zero-order chi connectivity index (χ0) is 37.5. The van der Waals surface area contributed by atoms with Gasteiger partial charge in [0.2, 0.25) is 23.5 Å². The van der Waals surface area contributed by atoms with Gasteiger partial charge in [-0.1, -0.05) is 121 Å². The zero-order valence-corrected chi connectivity index (χ0v) is 30.5. The van der Waals surface area contributed by atoms with E-state index in [0.29, 0.717) is 12.0 Å². The quantitative estimate of drug-likeness (QED) is 0.216. The molecule has 2 aliphatic rings. The smallest absolute Gasteiger partial charge is 0.327 e. The van der Waals surface area contributed by atoms with E-state index >= 15 is 0 Å². The number of carbonyl (C=O) groups excluding carboxylic acids is 7. The van der Waals surface area contributed by atoms with E-state index < -0.39 is 66.0 Å². The molecule has 0 radical (unpaired) electrons. The van der Waals surface area contributed by atoms with E-state index in [1.165, 1.54) is 11.8 Å². The summed E-state index contributed by atoms with van der Waals surface area (Å²) < 4.78 is 0. The lowest BCUT2D eigenvalue weighted by molar-refractivity contribution is -0.142. The van der Waals surface area contributed by atoms with Crippen LogP contribution in [0.15, 0.2) is 60.7 Å². The van der Waals surface area contributed by atoms with Crippen LogP contribution in [0.2, 0.25) is 0 Å². The molecule has 12 nitrogen and oxygen atoms in total. The molecule has 3 N–H and O–H groups in total. The molecule has 1 saturated carbocycles. The van der Waals surface area contributed by atoms with Crippen LogP contribution < -0.4 is 16.0 Å². The second-order valence-corrected chi connectivity index (χ2v) is 13.0. The van der Waals surface area contributed by atoms with Crippen LogP contribution in [0.25, 0.3) is 0 Å². The summed E-state index contributed by atoms with van der Waals surface area (Å²) in [5.74, 6) is -4.52. The maximum Gasteiger partial charge on any atom is 0.327 e. The number of ketones is 2. The topological polar surface area (TPSA) is 162 Å². The fraction of sp³-hybridized carbons (Fsp3) is 0.525. The van der Waals surface area contributed by atoms with Gasteiger partial charge in [0.1, 0.15) is 12.1 Å². The lowest BCUT2D eigenvalue weighted by Crippen LogP contribution is -2.55. The van der Waals surface area contributed by atoms with Crippen molar-refractivity contribution in [1.82, 2.24) is 25.8 Å². The van der Waals surface area contributed by atoms with Crippen molar-refractivity contribution < 1.29 is 33.6 Å². The highest BCUT2D eigenvalue weighted by Crippen LogP contribution is 2.33. The molecule has 52 heavy (non-hydrogen) atoms. The average Bonchev–Trinajstić information content (AvgIpc) is 3.48. The lowest BCUT2D eigenvalue weighted by Gasteiger charge is -2.31. The first-order valence-electron chi connectivity index (χ1n) is 18.1. The van der Waals surface area contributed by atoms with E-state index in [9.17, 15) is 33.6 Å². The third kappa shape index (κ3) is 11.6. The van der Waals surface area contributed by atoms with Crippen LogP contribution in [-0.4, -0.2) is 76.2 Å². The Balaban J connectivity index is 0.00000307. The molecule has 4 rings (SSSR count). The first-order chi connectivity index (χ1) is 24.5. The molecule has 6 amide bonds. The van der Waals surface area contributed by atoms with Gasteiger partial charge in [-0.05, 0) is 43.2 Å². The van der Waals surface area contributed by atoms with Crippen molar-refractivity contribution in [3.05, 3.63) is 71.8 Å². The van der Waals surface area contributed by atoms with Crippen LogP contribution in [-0.2, 0) is 35.3 Å². The van der Waals surface area contributed by atoms with Gasteiger partial charge in [0.25, 0.3) is 5.91 Å². The number of carbonyl (C=O) groups is 7. The second kappa shape index (κ2) is 21.5. The average molecular weight is 720 g/mol. The van der Waals surface area contributed by atoms with Crippen LogP contribution in [0.5, 0.6) is 0 Å². The molecule has 2 aromatic rings. The first kappa shape index (κ1) is 43.3. The molecule has 2 fully saturated rings. The van der Waals surface area contributed by atoms with Crippen LogP contribution >= 0.6 is 0 Å². The SMILES string of the molecule is C.CC.CCCC(NC(=O)C1CN(Cc2ccccc2)C(=O)N1C(=O)C(C)C1CCCCC1)C(=O)C(=O)NCC(=O)N[C@H](C(C)=O)c1ccccc1. The van der Waals surface area contributed by atoms with Crippen molar-refractivity contribution in [2.75, 3.05) is 13.1 Å². The summed E-state index contributed by atoms with van der Waals surface area (Å²) in [5.41, 5.74) is 1.41. The number of hydrogen-bond donors (Lipinski definition) is 3. The number of Topliss-reactive ketones (excluding diaryl/α,β-unsaturated/α-hetero) is 2. The fourth-order valence-electron chi connectivity index (χ4n) is 6.60. The van der Waals surface area contributed by atoms with Crippen molar-refractivity contribution in [3.8, 4) is 0 Å². The van der Waals surface area contributed by atoms with Gasteiger partial charge in [-0.2, -0.15) is 0 Å². The number of urea groups is 1. The second-order valence-electron chi connectivity index (χ2n) is 13.0. The standard InChI is InChI=1S/C37H47N5O7.C2H6.CH4/c1-4-14-29(33(45)35(47)38-21-31(44)40-32(25(3)43)28-19-12-7-13-20-28)39-34(46)30-23-41(22-26-15-8-5-9-16-26)37(49)42(30)36(48)24(2)27-17-10-6-11-18-27;1-2;/h5,7-9,12-13,15-16,19-20,24,27,29-30,32H,4,6,10-11,14,17-18,21-23H2,1-3H3,(H,38,47)(H,39,46)(H,40,44);1-2H3;1H4/t24?,29?,30?,32-;;/m1../s1. The molecule has 0 spiro atoms. The van der Waals surface area contributed by atoms with E-state index in [1.54, 1.807) is 37.3 Å². The Morgan fingerprint density at radius 3 is 2.04 bits per heavy atom. The normalized spacial score (nSPS) is 17.3. The van der Waals surface area contributed by atoms with Crippen molar-refractivity contribution in [2.45, 2.75) is 112 Å². The summed E-state index contributed by atoms with van der Waals surface area (Å²) in [6, 6.07) is 13.9. The molecule has 0 bridgehead atoms. The largest absolute Gasteiger partial charge is 0.344 e. The van der Waals surface area contributed by atoms with Crippen LogP contribution in [0.3, 0.4) is 0 Å². The number of hydrogen-bond acceptors (Lipinski definition) is 7. The highest BCUT2D eigenvalue weighted by Gasteiger charge is 2.47. The number of nitrogens with one attached hydrogen (secondary N) is 3. The van der Waals surface area contributed by atoms with E-state index in [2.05, 4.69) is 16.0 Å². The van der Waals surface area contributed by atoms with E-state index in [4.69, 9.17) is 0 Å². The van der Waals surface area contributed by atoms with E-state index in [1.807, 2.05) is 51.1 Å².